The largest absolute Gasteiger partial charge is 0.497 e. The molecule has 1 N–H and O–H groups in total. The Bertz CT molecular complexity index is 1270. The van der Waals surface area contributed by atoms with Crippen LogP contribution < -0.4 is 9.47 Å². The molecule has 0 amide bonds. The monoisotopic (exact) mass is 512 g/mol. The highest BCUT2D eigenvalue weighted by Gasteiger charge is 2.37. The molecule has 0 spiro atoms. The average Bonchev–Trinajstić information content (AvgIpc) is 3.24. The van der Waals surface area contributed by atoms with Gasteiger partial charge in [0.25, 0.3) is 0 Å². The summed E-state index contributed by atoms with van der Waals surface area (Å²) in [7, 11) is 1.71. The quantitative estimate of drug-likeness (QED) is 0.295. The maximum Gasteiger partial charge on any atom is 0.303 e. The highest BCUT2D eigenvalue weighted by Crippen LogP contribution is 2.51. The van der Waals surface area contributed by atoms with E-state index in [1.165, 1.54) is 42.4 Å². The van der Waals surface area contributed by atoms with E-state index in [0.717, 1.165) is 35.5 Å². The second kappa shape index (κ2) is 11.2. The summed E-state index contributed by atoms with van der Waals surface area (Å²) in [4.78, 5) is 11.5. The Morgan fingerprint density at radius 1 is 0.974 bits per heavy atom. The zero-order valence-corrected chi connectivity index (χ0v) is 22.9. The van der Waals surface area contributed by atoms with E-state index in [1.54, 1.807) is 7.11 Å². The molecule has 3 aromatic carbocycles. The standard InChI is InChI=1S/C34H40O4/c1-34(2)17-7-14-32(34)31-18-23(15-16-29(31)25-10-5-12-27(19-25)37-3)22-38-28-13-6-11-26(20-28)30(21-33(35)36)24-8-4-9-24/h5-6,10-13,15-16,18-20,24,30,32H,4,7-9,14,17,21-22H2,1-3H3,(H,35,36)/t30-,32-/m0/s1. The molecular formula is C34H40O4. The summed E-state index contributed by atoms with van der Waals surface area (Å²) in [6.07, 6.45) is 7.29. The molecule has 2 aliphatic carbocycles. The Morgan fingerprint density at radius 3 is 2.45 bits per heavy atom. The molecule has 200 valence electrons. The van der Waals surface area contributed by atoms with Gasteiger partial charge in [-0.1, -0.05) is 69.2 Å². The van der Waals surface area contributed by atoms with Gasteiger partial charge in [-0.15, -0.1) is 0 Å². The zero-order chi connectivity index (χ0) is 26.7. The first-order valence-electron chi connectivity index (χ1n) is 14.1. The first-order valence-corrected chi connectivity index (χ1v) is 14.1. The number of rotatable bonds is 10. The number of hydrogen-bond donors (Lipinski definition) is 1. The van der Waals surface area contributed by atoms with Gasteiger partial charge in [-0.25, -0.2) is 0 Å². The van der Waals surface area contributed by atoms with Gasteiger partial charge in [-0.05, 0) is 101 Å². The van der Waals surface area contributed by atoms with Crippen LogP contribution in [0.25, 0.3) is 11.1 Å². The fourth-order valence-corrected chi connectivity index (χ4v) is 6.54. The molecule has 3 aromatic rings. The third-order valence-electron chi connectivity index (χ3n) is 8.93. The predicted octanol–water partition coefficient (Wildman–Crippen LogP) is 8.59. The topological polar surface area (TPSA) is 55.8 Å². The molecule has 2 atom stereocenters. The Labute approximate surface area is 227 Å². The molecule has 38 heavy (non-hydrogen) atoms. The van der Waals surface area contributed by atoms with Crippen LogP contribution in [0.5, 0.6) is 11.5 Å². The number of carbonyl (C=O) groups is 1. The highest BCUT2D eigenvalue weighted by atomic mass is 16.5. The summed E-state index contributed by atoms with van der Waals surface area (Å²) < 4.78 is 11.8. The molecule has 2 saturated carbocycles. The van der Waals surface area contributed by atoms with Crippen molar-refractivity contribution in [1.82, 2.24) is 0 Å². The Morgan fingerprint density at radius 2 is 1.76 bits per heavy atom. The lowest BCUT2D eigenvalue weighted by Crippen LogP contribution is -2.22. The number of benzene rings is 3. The summed E-state index contributed by atoms with van der Waals surface area (Å²) >= 11 is 0. The number of ether oxygens (including phenoxy) is 2. The summed E-state index contributed by atoms with van der Waals surface area (Å²) in [6.45, 7) is 5.27. The van der Waals surface area contributed by atoms with Gasteiger partial charge in [0.15, 0.2) is 0 Å². The van der Waals surface area contributed by atoms with Gasteiger partial charge in [-0.3, -0.25) is 4.79 Å². The number of carboxylic acids is 1. The van der Waals surface area contributed by atoms with Gasteiger partial charge in [0.2, 0.25) is 0 Å². The molecule has 4 heteroatoms. The van der Waals surface area contributed by atoms with E-state index >= 15 is 0 Å². The number of carboxylic acid groups (broad SMARTS) is 1. The molecule has 0 aliphatic heterocycles. The van der Waals surface area contributed by atoms with Crippen LogP contribution in [-0.4, -0.2) is 18.2 Å². The third kappa shape index (κ3) is 5.75. The SMILES string of the molecule is COc1cccc(-c2ccc(COc3cccc([C@@H](CC(=O)O)C4CCC4)c3)cc2[C@@H]2CCCC2(C)C)c1. The second-order valence-corrected chi connectivity index (χ2v) is 11.8. The summed E-state index contributed by atoms with van der Waals surface area (Å²) in [5.41, 5.74) is 6.33. The lowest BCUT2D eigenvalue weighted by molar-refractivity contribution is -0.138. The van der Waals surface area contributed by atoms with Crippen LogP contribution >= 0.6 is 0 Å². The minimum atomic E-state index is -0.730. The van der Waals surface area contributed by atoms with Crippen molar-refractivity contribution < 1.29 is 19.4 Å². The van der Waals surface area contributed by atoms with Gasteiger partial charge in [-0.2, -0.15) is 0 Å². The Kier molecular flexibility index (Phi) is 7.78. The summed E-state index contributed by atoms with van der Waals surface area (Å²) in [5.74, 6) is 1.95. The van der Waals surface area contributed by atoms with Crippen LogP contribution in [0.1, 0.15) is 87.3 Å². The zero-order valence-electron chi connectivity index (χ0n) is 22.9. The van der Waals surface area contributed by atoms with Crippen LogP contribution in [0.15, 0.2) is 66.7 Å². The number of aliphatic carboxylic acids is 1. The van der Waals surface area contributed by atoms with Crippen molar-refractivity contribution in [3.63, 3.8) is 0 Å². The summed E-state index contributed by atoms with van der Waals surface area (Å²) in [5, 5.41) is 9.48. The summed E-state index contributed by atoms with van der Waals surface area (Å²) in [6, 6.07) is 23.2. The minimum absolute atomic E-state index is 0.0585. The first-order chi connectivity index (χ1) is 18.3. The molecule has 2 fully saturated rings. The van der Waals surface area contributed by atoms with Crippen LogP contribution in [-0.2, 0) is 11.4 Å². The van der Waals surface area contributed by atoms with Crippen molar-refractivity contribution in [1.29, 1.82) is 0 Å². The normalized spacial score (nSPS) is 19.5. The smallest absolute Gasteiger partial charge is 0.303 e. The van der Waals surface area contributed by atoms with Crippen molar-refractivity contribution in [3.05, 3.63) is 83.4 Å². The number of methoxy groups -OCH3 is 1. The van der Waals surface area contributed by atoms with Crippen molar-refractivity contribution in [3.8, 4) is 22.6 Å². The molecule has 4 nitrogen and oxygen atoms in total. The lowest BCUT2D eigenvalue weighted by atomic mass is 9.72. The van der Waals surface area contributed by atoms with Crippen molar-refractivity contribution >= 4 is 5.97 Å². The maximum absolute atomic E-state index is 11.5. The van der Waals surface area contributed by atoms with Gasteiger partial charge < -0.3 is 14.6 Å². The minimum Gasteiger partial charge on any atom is -0.497 e. The van der Waals surface area contributed by atoms with E-state index < -0.39 is 5.97 Å². The first kappa shape index (κ1) is 26.3. The fourth-order valence-electron chi connectivity index (χ4n) is 6.54. The van der Waals surface area contributed by atoms with Crippen LogP contribution in [0, 0.1) is 11.3 Å². The molecule has 0 heterocycles. The van der Waals surface area contributed by atoms with E-state index in [0.29, 0.717) is 18.4 Å². The van der Waals surface area contributed by atoms with Crippen LogP contribution in [0.2, 0.25) is 0 Å². The molecular weight excluding hydrogens is 472 g/mol. The van der Waals surface area contributed by atoms with Crippen molar-refractivity contribution in [2.45, 2.75) is 77.2 Å². The highest BCUT2D eigenvalue weighted by molar-refractivity contribution is 5.70. The van der Waals surface area contributed by atoms with Gasteiger partial charge in [0, 0.05) is 0 Å². The van der Waals surface area contributed by atoms with Crippen molar-refractivity contribution in [2.75, 3.05) is 7.11 Å². The van der Waals surface area contributed by atoms with E-state index in [2.05, 4.69) is 62.4 Å². The van der Waals surface area contributed by atoms with Gasteiger partial charge in [0.1, 0.15) is 18.1 Å². The molecule has 0 aromatic heterocycles. The average molecular weight is 513 g/mol. The van der Waals surface area contributed by atoms with Crippen molar-refractivity contribution in [2.24, 2.45) is 11.3 Å². The third-order valence-corrected chi connectivity index (χ3v) is 8.93. The molecule has 0 saturated heterocycles. The van der Waals surface area contributed by atoms with Crippen LogP contribution in [0.4, 0.5) is 0 Å². The van der Waals surface area contributed by atoms with E-state index in [1.807, 2.05) is 18.2 Å². The van der Waals surface area contributed by atoms with Gasteiger partial charge in [0.05, 0.1) is 13.5 Å². The Balaban J connectivity index is 1.40. The molecule has 0 unspecified atom stereocenters. The van der Waals surface area contributed by atoms with Crippen LogP contribution in [0.3, 0.4) is 0 Å². The fraction of sp³-hybridized carbons (Fsp3) is 0.441. The molecule has 0 radical (unpaired) electrons. The number of hydrogen-bond acceptors (Lipinski definition) is 3. The molecule has 5 rings (SSSR count). The molecule has 0 bridgehead atoms. The second-order valence-electron chi connectivity index (χ2n) is 11.8. The lowest BCUT2D eigenvalue weighted by Gasteiger charge is -2.33. The van der Waals surface area contributed by atoms with E-state index in [-0.39, 0.29) is 17.8 Å². The van der Waals surface area contributed by atoms with E-state index in [9.17, 15) is 9.90 Å². The predicted molar refractivity (Wildman–Crippen MR) is 152 cm³/mol. The maximum atomic E-state index is 11.5. The van der Waals surface area contributed by atoms with E-state index in [4.69, 9.17) is 9.47 Å². The van der Waals surface area contributed by atoms with Gasteiger partial charge >= 0.3 is 5.97 Å². The Hall–Kier alpha value is -3.27. The molecule has 2 aliphatic rings.